The number of nitro groups is 1. The van der Waals surface area contributed by atoms with Gasteiger partial charge >= 0.3 is 5.97 Å². The number of nitro benzene ring substituents is 1. The molecule has 0 aliphatic carbocycles. The van der Waals surface area contributed by atoms with Crippen molar-refractivity contribution in [2.75, 3.05) is 16.3 Å². The highest BCUT2D eigenvalue weighted by molar-refractivity contribution is 6.35. The molecule has 10 nitrogen and oxygen atoms in total. The lowest BCUT2D eigenvalue weighted by Gasteiger charge is -2.17. The number of amides is 3. The molecule has 0 aromatic heterocycles. The second-order valence-electron chi connectivity index (χ2n) is 8.75. The summed E-state index contributed by atoms with van der Waals surface area (Å²) in [5.74, 6) is -2.96. The number of fused-ring (bicyclic) bond motifs is 1. The minimum Gasteiger partial charge on any atom is -0.426 e. The summed E-state index contributed by atoms with van der Waals surface area (Å²) in [5.41, 5.74) is 1.14. The normalized spacial score (nSPS) is 16.8. The molecule has 0 unspecified atom stereocenters. The van der Waals surface area contributed by atoms with Gasteiger partial charge in [-0.15, -0.1) is 0 Å². The smallest absolute Gasteiger partial charge is 0.316 e. The highest BCUT2D eigenvalue weighted by Gasteiger charge is 2.42. The highest BCUT2D eigenvalue weighted by Crippen LogP contribution is 2.35. The lowest BCUT2D eigenvalue weighted by atomic mass is 10.1. The van der Waals surface area contributed by atoms with E-state index in [0.717, 1.165) is 23.0 Å². The first-order valence-corrected chi connectivity index (χ1v) is 11.7. The fourth-order valence-corrected chi connectivity index (χ4v) is 4.57. The zero-order valence-electron chi connectivity index (χ0n) is 19.7. The summed E-state index contributed by atoms with van der Waals surface area (Å²) in [7, 11) is 0. The standard InChI is InChI=1S/C27H21N3O7/c1-2-16-9-11-18(12-10-16)28-15-17(13-23(28)31)27(34)37-20-6-3-5-19(14-20)29-25(32)21-7-4-8-22(30(35)36)24(21)26(29)33/h3-12,14,17H,2,13,15H2,1H3/t17-/m0/s1. The van der Waals surface area contributed by atoms with Crippen molar-refractivity contribution in [3.8, 4) is 5.75 Å². The number of imide groups is 1. The summed E-state index contributed by atoms with van der Waals surface area (Å²) in [6, 6.07) is 17.2. The first-order valence-electron chi connectivity index (χ1n) is 11.7. The van der Waals surface area contributed by atoms with Gasteiger partial charge in [0.05, 0.1) is 22.1 Å². The van der Waals surface area contributed by atoms with E-state index in [-0.39, 0.29) is 41.4 Å². The molecule has 2 heterocycles. The fourth-order valence-electron chi connectivity index (χ4n) is 4.57. The van der Waals surface area contributed by atoms with Crippen LogP contribution >= 0.6 is 0 Å². The molecule has 10 heteroatoms. The molecular formula is C27H21N3O7. The Kier molecular flexibility index (Phi) is 6.00. The van der Waals surface area contributed by atoms with E-state index in [2.05, 4.69) is 0 Å². The van der Waals surface area contributed by atoms with Gasteiger partial charge in [-0.25, -0.2) is 4.90 Å². The van der Waals surface area contributed by atoms with E-state index in [9.17, 15) is 29.3 Å². The maximum atomic E-state index is 13.0. The molecular weight excluding hydrogens is 478 g/mol. The van der Waals surface area contributed by atoms with Crippen LogP contribution in [0.5, 0.6) is 5.75 Å². The maximum absolute atomic E-state index is 13.0. The van der Waals surface area contributed by atoms with Crippen LogP contribution in [0.25, 0.3) is 0 Å². The Labute approximate surface area is 211 Å². The fraction of sp³-hybridized carbons (Fsp3) is 0.185. The number of esters is 1. The van der Waals surface area contributed by atoms with Crippen molar-refractivity contribution >= 4 is 40.8 Å². The van der Waals surface area contributed by atoms with E-state index in [1.54, 1.807) is 4.90 Å². The van der Waals surface area contributed by atoms with Gasteiger partial charge in [-0.1, -0.05) is 31.2 Å². The lowest BCUT2D eigenvalue weighted by molar-refractivity contribution is -0.385. The summed E-state index contributed by atoms with van der Waals surface area (Å²) in [4.78, 5) is 64.3. The Balaban J connectivity index is 1.32. The van der Waals surface area contributed by atoms with Crippen LogP contribution in [0.15, 0.2) is 66.7 Å². The van der Waals surface area contributed by atoms with Gasteiger partial charge in [0.1, 0.15) is 11.3 Å². The molecule has 3 aromatic rings. The van der Waals surface area contributed by atoms with Crippen molar-refractivity contribution in [3.63, 3.8) is 0 Å². The van der Waals surface area contributed by atoms with Crippen LogP contribution in [0, 0.1) is 16.0 Å². The van der Waals surface area contributed by atoms with Gasteiger partial charge in [0.25, 0.3) is 17.5 Å². The predicted octanol–water partition coefficient (Wildman–Crippen LogP) is 3.92. The SMILES string of the molecule is CCc1ccc(N2C[C@@H](C(=O)Oc3cccc(N4C(=O)c5cccc([N+](=O)[O-])c5C4=O)c3)CC2=O)cc1. The minimum absolute atomic E-state index is 0.00384. The monoisotopic (exact) mass is 499 g/mol. The van der Waals surface area contributed by atoms with E-state index in [1.807, 2.05) is 31.2 Å². The van der Waals surface area contributed by atoms with Crippen LogP contribution < -0.4 is 14.5 Å². The molecule has 1 saturated heterocycles. The number of carbonyl (C=O) groups excluding carboxylic acids is 4. The van der Waals surface area contributed by atoms with Crippen LogP contribution in [0.1, 0.15) is 39.6 Å². The number of benzene rings is 3. The van der Waals surface area contributed by atoms with Gasteiger partial charge in [0.2, 0.25) is 5.91 Å². The van der Waals surface area contributed by atoms with Gasteiger partial charge < -0.3 is 9.64 Å². The molecule has 3 aromatic carbocycles. The highest BCUT2D eigenvalue weighted by atomic mass is 16.6. The summed E-state index contributed by atoms with van der Waals surface area (Å²) in [5, 5.41) is 11.4. The second kappa shape index (κ2) is 9.30. The molecule has 1 fully saturated rings. The van der Waals surface area contributed by atoms with E-state index in [1.165, 1.54) is 36.4 Å². The third kappa shape index (κ3) is 4.22. The minimum atomic E-state index is -0.832. The maximum Gasteiger partial charge on any atom is 0.316 e. The van der Waals surface area contributed by atoms with Crippen molar-refractivity contribution in [3.05, 3.63) is 93.5 Å². The quantitative estimate of drug-likeness (QED) is 0.165. The van der Waals surface area contributed by atoms with E-state index in [0.29, 0.717) is 5.69 Å². The second-order valence-corrected chi connectivity index (χ2v) is 8.75. The average Bonchev–Trinajstić information content (AvgIpc) is 3.41. The first-order chi connectivity index (χ1) is 17.8. The van der Waals surface area contributed by atoms with Gasteiger partial charge in [-0.2, -0.15) is 0 Å². The van der Waals surface area contributed by atoms with Crippen LogP contribution in [0.2, 0.25) is 0 Å². The number of nitrogens with zero attached hydrogens (tertiary/aromatic N) is 3. The summed E-state index contributed by atoms with van der Waals surface area (Å²) in [6.07, 6.45) is 0.871. The Morgan fingerprint density at radius 1 is 1.00 bits per heavy atom. The molecule has 0 spiro atoms. The van der Waals surface area contributed by atoms with Crippen LogP contribution in [-0.2, 0) is 16.0 Å². The molecule has 37 heavy (non-hydrogen) atoms. The molecule has 186 valence electrons. The molecule has 1 atom stereocenters. The van der Waals surface area contributed by atoms with E-state index < -0.39 is 34.3 Å². The Morgan fingerprint density at radius 2 is 1.73 bits per heavy atom. The number of rotatable bonds is 6. The van der Waals surface area contributed by atoms with Crippen LogP contribution in [-0.4, -0.2) is 35.2 Å². The molecule has 0 bridgehead atoms. The molecule has 0 saturated carbocycles. The molecule has 0 radical (unpaired) electrons. The number of ether oxygens (including phenoxy) is 1. The molecule has 5 rings (SSSR count). The first kappa shape index (κ1) is 23.9. The topological polar surface area (TPSA) is 127 Å². The van der Waals surface area contributed by atoms with Crippen molar-refractivity contribution < 1.29 is 28.8 Å². The number of carbonyl (C=O) groups is 4. The molecule has 0 N–H and O–H groups in total. The van der Waals surface area contributed by atoms with Gasteiger partial charge in [-0.3, -0.25) is 29.3 Å². The largest absolute Gasteiger partial charge is 0.426 e. The Bertz CT molecular complexity index is 1470. The predicted molar refractivity (Wildman–Crippen MR) is 133 cm³/mol. The van der Waals surface area contributed by atoms with Crippen LogP contribution in [0.3, 0.4) is 0 Å². The summed E-state index contributed by atoms with van der Waals surface area (Å²) in [6.45, 7) is 2.21. The number of hydrogen-bond acceptors (Lipinski definition) is 7. The van der Waals surface area contributed by atoms with Crippen molar-refractivity contribution in [2.45, 2.75) is 19.8 Å². The molecule has 2 aliphatic heterocycles. The summed E-state index contributed by atoms with van der Waals surface area (Å²) >= 11 is 0. The van der Waals surface area contributed by atoms with Crippen LogP contribution in [0.4, 0.5) is 17.1 Å². The molecule has 3 amide bonds. The Morgan fingerprint density at radius 3 is 2.43 bits per heavy atom. The number of hydrogen-bond donors (Lipinski definition) is 0. The molecule has 2 aliphatic rings. The van der Waals surface area contributed by atoms with Crippen molar-refractivity contribution in [1.82, 2.24) is 0 Å². The number of aryl methyl sites for hydroxylation is 1. The van der Waals surface area contributed by atoms with Gasteiger partial charge in [-0.05, 0) is 42.3 Å². The van der Waals surface area contributed by atoms with E-state index >= 15 is 0 Å². The lowest BCUT2D eigenvalue weighted by Crippen LogP contribution is -2.29. The van der Waals surface area contributed by atoms with Crippen molar-refractivity contribution in [2.24, 2.45) is 5.92 Å². The third-order valence-electron chi connectivity index (χ3n) is 6.50. The summed E-state index contributed by atoms with van der Waals surface area (Å²) < 4.78 is 5.50. The number of anilines is 2. The zero-order valence-corrected chi connectivity index (χ0v) is 19.7. The van der Waals surface area contributed by atoms with E-state index in [4.69, 9.17) is 4.74 Å². The Hall–Kier alpha value is -4.86. The average molecular weight is 499 g/mol. The van der Waals surface area contributed by atoms with Gasteiger partial charge in [0.15, 0.2) is 0 Å². The van der Waals surface area contributed by atoms with Gasteiger partial charge in [0, 0.05) is 30.8 Å². The third-order valence-corrected chi connectivity index (χ3v) is 6.50. The van der Waals surface area contributed by atoms with Crippen molar-refractivity contribution in [1.29, 1.82) is 0 Å². The zero-order chi connectivity index (χ0) is 26.3.